The Labute approximate surface area is 125 Å². The molecule has 1 saturated carbocycles. The summed E-state index contributed by atoms with van der Waals surface area (Å²) >= 11 is 0. The summed E-state index contributed by atoms with van der Waals surface area (Å²) in [6, 6.07) is 7.52. The van der Waals surface area contributed by atoms with Gasteiger partial charge in [0.05, 0.1) is 6.61 Å². The Morgan fingerprint density at radius 3 is 2.29 bits per heavy atom. The second-order valence-corrected chi connectivity index (χ2v) is 5.58. The van der Waals surface area contributed by atoms with Crippen LogP contribution in [-0.2, 0) is 0 Å². The molecule has 3 rings (SSSR count). The van der Waals surface area contributed by atoms with Crippen LogP contribution >= 0.6 is 0 Å². The number of rotatable bonds is 3. The first kappa shape index (κ1) is 14.0. The van der Waals surface area contributed by atoms with E-state index in [1.165, 1.54) is 12.8 Å². The van der Waals surface area contributed by atoms with E-state index in [0.717, 1.165) is 37.4 Å². The predicted octanol–water partition coefficient (Wildman–Crippen LogP) is 3.80. The largest absolute Gasteiger partial charge is 0.494 e. The second kappa shape index (κ2) is 6.20. The van der Waals surface area contributed by atoms with Gasteiger partial charge in [-0.3, -0.25) is 0 Å². The third-order valence-corrected chi connectivity index (χ3v) is 4.07. The van der Waals surface area contributed by atoms with E-state index in [-0.39, 0.29) is 6.03 Å². The number of benzene rings is 1. The third-order valence-electron chi connectivity index (χ3n) is 4.07. The second-order valence-electron chi connectivity index (χ2n) is 5.58. The molecule has 1 heterocycles. The van der Waals surface area contributed by atoms with Gasteiger partial charge in [-0.05, 0) is 56.9 Å². The number of hydrogen-bond donors (Lipinski definition) is 1. The number of anilines is 1. The number of nitrogens with zero attached hydrogens (tertiary/aromatic N) is 1. The highest BCUT2D eigenvalue weighted by Gasteiger charge is 2.24. The summed E-state index contributed by atoms with van der Waals surface area (Å²) in [5.74, 6) is 0.828. The first-order chi connectivity index (χ1) is 10.3. The summed E-state index contributed by atoms with van der Waals surface area (Å²) in [6.07, 6.45) is 4.67. The summed E-state index contributed by atoms with van der Waals surface area (Å²) in [5.41, 5.74) is 4.05. The van der Waals surface area contributed by atoms with Crippen LogP contribution in [0.15, 0.2) is 35.4 Å². The van der Waals surface area contributed by atoms with Crippen LogP contribution in [0.5, 0.6) is 5.75 Å². The Morgan fingerprint density at radius 1 is 1.10 bits per heavy atom. The minimum atomic E-state index is -0.000920. The lowest BCUT2D eigenvalue weighted by atomic mass is 10.0. The first-order valence-electron chi connectivity index (χ1n) is 7.75. The Bertz CT molecular complexity index is 532. The molecule has 0 spiro atoms. The molecule has 4 heteroatoms. The van der Waals surface area contributed by atoms with Gasteiger partial charge in [0.15, 0.2) is 0 Å². The van der Waals surface area contributed by atoms with Crippen molar-refractivity contribution in [3.63, 3.8) is 0 Å². The molecule has 1 aliphatic carbocycles. The Balaban J connectivity index is 1.52. The molecule has 2 amide bonds. The van der Waals surface area contributed by atoms with E-state index in [0.29, 0.717) is 6.61 Å². The Kier molecular flexibility index (Phi) is 4.13. The number of nitrogens with one attached hydrogen (secondary N) is 1. The van der Waals surface area contributed by atoms with Gasteiger partial charge in [0, 0.05) is 18.8 Å². The molecule has 21 heavy (non-hydrogen) atoms. The molecule has 1 N–H and O–H groups in total. The number of urea groups is 1. The molecular formula is C17H22N2O2. The number of allylic oxidation sites excluding steroid dienone is 1. The normalized spacial score (nSPS) is 17.7. The molecule has 1 aliphatic heterocycles. The maximum atomic E-state index is 12.2. The molecule has 2 aliphatic rings. The molecule has 0 bridgehead atoms. The number of amides is 2. The van der Waals surface area contributed by atoms with Gasteiger partial charge < -0.3 is 15.0 Å². The van der Waals surface area contributed by atoms with Crippen LogP contribution in [-0.4, -0.2) is 30.6 Å². The lowest BCUT2D eigenvalue weighted by Crippen LogP contribution is -2.39. The number of ether oxygens (including phenoxy) is 1. The van der Waals surface area contributed by atoms with Gasteiger partial charge in [0.2, 0.25) is 0 Å². The lowest BCUT2D eigenvalue weighted by Gasteiger charge is -2.28. The maximum absolute atomic E-state index is 12.2. The van der Waals surface area contributed by atoms with Crippen molar-refractivity contribution in [2.24, 2.45) is 0 Å². The highest BCUT2D eigenvalue weighted by molar-refractivity contribution is 5.89. The van der Waals surface area contributed by atoms with Crippen molar-refractivity contribution < 1.29 is 9.53 Å². The van der Waals surface area contributed by atoms with Crippen LogP contribution in [0.2, 0.25) is 0 Å². The van der Waals surface area contributed by atoms with Crippen LogP contribution in [0.4, 0.5) is 10.5 Å². The van der Waals surface area contributed by atoms with Crippen LogP contribution in [0.25, 0.3) is 0 Å². The monoisotopic (exact) mass is 286 g/mol. The van der Waals surface area contributed by atoms with E-state index in [4.69, 9.17) is 4.74 Å². The minimum Gasteiger partial charge on any atom is -0.494 e. The van der Waals surface area contributed by atoms with Gasteiger partial charge >= 0.3 is 6.03 Å². The van der Waals surface area contributed by atoms with E-state index in [2.05, 4.69) is 5.32 Å². The molecule has 0 radical (unpaired) electrons. The quantitative estimate of drug-likeness (QED) is 0.859. The topological polar surface area (TPSA) is 41.6 Å². The van der Waals surface area contributed by atoms with Crippen molar-refractivity contribution in [2.45, 2.75) is 32.6 Å². The fraction of sp³-hybridized carbons (Fsp3) is 0.471. The lowest BCUT2D eigenvalue weighted by molar-refractivity contribution is 0.207. The molecular weight excluding hydrogens is 264 g/mol. The molecule has 1 aromatic rings. The van der Waals surface area contributed by atoms with Crippen LogP contribution in [0.1, 0.15) is 32.6 Å². The van der Waals surface area contributed by atoms with Crippen molar-refractivity contribution >= 4 is 11.7 Å². The van der Waals surface area contributed by atoms with Crippen molar-refractivity contribution in [3.05, 3.63) is 35.4 Å². The first-order valence-corrected chi connectivity index (χ1v) is 7.75. The molecule has 2 fully saturated rings. The molecule has 0 aromatic heterocycles. The Hall–Kier alpha value is -1.97. The number of likely N-dealkylation sites (tertiary alicyclic amines) is 1. The van der Waals surface area contributed by atoms with E-state index >= 15 is 0 Å². The predicted molar refractivity (Wildman–Crippen MR) is 83.7 cm³/mol. The summed E-state index contributed by atoms with van der Waals surface area (Å²) in [4.78, 5) is 14.1. The van der Waals surface area contributed by atoms with E-state index in [1.54, 1.807) is 11.1 Å². The van der Waals surface area contributed by atoms with E-state index in [9.17, 15) is 4.79 Å². The molecule has 4 nitrogen and oxygen atoms in total. The maximum Gasteiger partial charge on any atom is 0.321 e. The third kappa shape index (κ3) is 3.57. The van der Waals surface area contributed by atoms with Gasteiger partial charge in [-0.25, -0.2) is 4.79 Å². The average molecular weight is 286 g/mol. The average Bonchev–Trinajstić information content (AvgIpc) is 3.34. The van der Waals surface area contributed by atoms with Crippen molar-refractivity contribution in [1.29, 1.82) is 0 Å². The van der Waals surface area contributed by atoms with Gasteiger partial charge in [-0.1, -0.05) is 11.1 Å². The van der Waals surface area contributed by atoms with Crippen LogP contribution in [0, 0.1) is 0 Å². The molecule has 112 valence electrons. The van der Waals surface area contributed by atoms with Gasteiger partial charge in [-0.2, -0.15) is 0 Å². The molecule has 1 saturated heterocycles. The van der Waals surface area contributed by atoms with Crippen LogP contribution in [0.3, 0.4) is 0 Å². The molecule has 0 unspecified atom stereocenters. The smallest absolute Gasteiger partial charge is 0.321 e. The molecule has 1 aromatic carbocycles. The summed E-state index contributed by atoms with van der Waals surface area (Å²) in [7, 11) is 0. The van der Waals surface area contributed by atoms with Gasteiger partial charge in [0.25, 0.3) is 0 Å². The number of piperidine rings is 1. The zero-order valence-corrected chi connectivity index (χ0v) is 12.5. The van der Waals surface area contributed by atoms with Gasteiger partial charge in [0.1, 0.15) is 5.75 Å². The van der Waals surface area contributed by atoms with Crippen LogP contribution < -0.4 is 10.1 Å². The fourth-order valence-electron chi connectivity index (χ4n) is 2.75. The highest BCUT2D eigenvalue weighted by atomic mass is 16.5. The SMILES string of the molecule is CCOc1ccc(NC(=O)N2CCC(=C3CC3)CC2)cc1. The number of carbonyl (C=O) groups excluding carboxylic acids is 1. The Morgan fingerprint density at radius 2 is 1.71 bits per heavy atom. The minimum absolute atomic E-state index is 0.000920. The van der Waals surface area contributed by atoms with Crippen molar-refractivity contribution in [3.8, 4) is 5.75 Å². The zero-order chi connectivity index (χ0) is 14.7. The highest BCUT2D eigenvalue weighted by Crippen LogP contribution is 2.36. The fourth-order valence-corrected chi connectivity index (χ4v) is 2.75. The van der Waals surface area contributed by atoms with Crippen molar-refractivity contribution in [2.75, 3.05) is 25.0 Å². The van der Waals surface area contributed by atoms with Gasteiger partial charge in [-0.15, -0.1) is 0 Å². The van der Waals surface area contributed by atoms with E-state index < -0.39 is 0 Å². The summed E-state index contributed by atoms with van der Waals surface area (Å²) in [6.45, 7) is 4.28. The summed E-state index contributed by atoms with van der Waals surface area (Å²) in [5, 5.41) is 2.96. The molecule has 0 atom stereocenters. The zero-order valence-electron chi connectivity index (χ0n) is 12.5. The number of hydrogen-bond acceptors (Lipinski definition) is 2. The summed E-state index contributed by atoms with van der Waals surface area (Å²) < 4.78 is 5.39. The number of carbonyl (C=O) groups is 1. The standard InChI is InChI=1S/C17H22N2O2/c1-2-21-16-7-5-15(6-8-16)18-17(20)19-11-9-14(10-12-19)13-3-4-13/h5-8H,2-4,9-12H2,1H3,(H,18,20). The van der Waals surface area contributed by atoms with E-state index in [1.807, 2.05) is 36.1 Å². The van der Waals surface area contributed by atoms with Crippen molar-refractivity contribution in [1.82, 2.24) is 4.90 Å².